The van der Waals surface area contributed by atoms with Gasteiger partial charge in [0.05, 0.1) is 6.54 Å². The molecular formula is C19H34N6. The van der Waals surface area contributed by atoms with E-state index in [4.69, 9.17) is 4.99 Å². The van der Waals surface area contributed by atoms with Crippen LogP contribution in [0.25, 0.3) is 0 Å². The van der Waals surface area contributed by atoms with Gasteiger partial charge >= 0.3 is 0 Å². The van der Waals surface area contributed by atoms with Gasteiger partial charge in [-0.2, -0.15) is 0 Å². The summed E-state index contributed by atoms with van der Waals surface area (Å²) in [5, 5.41) is 3.37. The SMILES string of the molecule is CCCCN(C)C(=NCc1ccc(N2CCN(C)CC2)nc1)NCC. The maximum absolute atomic E-state index is 4.76. The van der Waals surface area contributed by atoms with E-state index >= 15 is 0 Å². The summed E-state index contributed by atoms with van der Waals surface area (Å²) in [5.41, 5.74) is 1.15. The first kappa shape index (κ1) is 19.5. The molecule has 0 amide bonds. The quantitative estimate of drug-likeness (QED) is 0.605. The molecule has 1 aliphatic heterocycles. The zero-order valence-corrected chi connectivity index (χ0v) is 16.3. The Labute approximate surface area is 152 Å². The molecule has 140 valence electrons. The molecule has 0 atom stereocenters. The summed E-state index contributed by atoms with van der Waals surface area (Å²) in [6.45, 7) is 11.2. The van der Waals surface area contributed by atoms with E-state index < -0.39 is 0 Å². The van der Waals surface area contributed by atoms with Crippen molar-refractivity contribution in [2.75, 3.05) is 58.3 Å². The number of aliphatic imine (C=N–C) groups is 1. The van der Waals surface area contributed by atoms with Crippen LogP contribution in [-0.4, -0.2) is 74.1 Å². The number of guanidine groups is 1. The lowest BCUT2D eigenvalue weighted by molar-refractivity contribution is 0.312. The molecule has 1 aromatic rings. The average Bonchev–Trinajstić information content (AvgIpc) is 2.64. The molecule has 0 radical (unpaired) electrons. The summed E-state index contributed by atoms with van der Waals surface area (Å²) in [6.07, 6.45) is 4.34. The Hall–Kier alpha value is -1.82. The van der Waals surface area contributed by atoms with Crippen LogP contribution in [0.1, 0.15) is 32.3 Å². The van der Waals surface area contributed by atoms with Crippen LogP contribution in [0, 0.1) is 0 Å². The van der Waals surface area contributed by atoms with Crippen molar-refractivity contribution in [2.45, 2.75) is 33.2 Å². The Morgan fingerprint density at radius 1 is 1.24 bits per heavy atom. The molecule has 0 aliphatic carbocycles. The third kappa shape index (κ3) is 6.20. The molecule has 2 heterocycles. The van der Waals surface area contributed by atoms with Crippen LogP contribution in [0.4, 0.5) is 5.82 Å². The van der Waals surface area contributed by atoms with E-state index in [1.807, 2.05) is 6.20 Å². The average molecular weight is 347 g/mol. The molecule has 0 spiro atoms. The molecule has 1 aliphatic rings. The zero-order chi connectivity index (χ0) is 18.1. The Bertz CT molecular complexity index is 519. The van der Waals surface area contributed by atoms with Crippen molar-refractivity contribution in [3.05, 3.63) is 23.9 Å². The van der Waals surface area contributed by atoms with Gasteiger partial charge in [0.2, 0.25) is 0 Å². The second kappa shape index (κ2) is 10.2. The molecule has 1 saturated heterocycles. The highest BCUT2D eigenvalue weighted by Gasteiger charge is 2.14. The van der Waals surface area contributed by atoms with E-state index in [-0.39, 0.29) is 0 Å². The van der Waals surface area contributed by atoms with Gasteiger partial charge in [0.15, 0.2) is 5.96 Å². The molecule has 1 fully saturated rings. The second-order valence-electron chi connectivity index (χ2n) is 6.76. The number of piperazine rings is 1. The minimum Gasteiger partial charge on any atom is -0.357 e. The first-order chi connectivity index (χ1) is 12.1. The molecule has 6 nitrogen and oxygen atoms in total. The fraction of sp³-hybridized carbons (Fsp3) is 0.684. The molecule has 1 aromatic heterocycles. The molecule has 1 N–H and O–H groups in total. The lowest BCUT2D eigenvalue weighted by Crippen LogP contribution is -2.44. The summed E-state index contributed by atoms with van der Waals surface area (Å²) in [5.74, 6) is 2.05. The van der Waals surface area contributed by atoms with Gasteiger partial charge in [0.1, 0.15) is 5.82 Å². The number of likely N-dealkylation sites (N-methyl/N-ethyl adjacent to an activating group) is 1. The van der Waals surface area contributed by atoms with E-state index in [1.165, 1.54) is 12.8 Å². The Balaban J connectivity index is 1.94. The topological polar surface area (TPSA) is 47.0 Å². The summed E-state index contributed by atoms with van der Waals surface area (Å²) in [7, 11) is 4.27. The third-order valence-electron chi connectivity index (χ3n) is 4.59. The predicted octanol–water partition coefficient (Wildman–Crippen LogP) is 2.03. The monoisotopic (exact) mass is 346 g/mol. The second-order valence-corrected chi connectivity index (χ2v) is 6.76. The molecule has 0 unspecified atom stereocenters. The fourth-order valence-electron chi connectivity index (χ4n) is 2.87. The largest absolute Gasteiger partial charge is 0.357 e. The lowest BCUT2D eigenvalue weighted by atomic mass is 10.2. The highest BCUT2D eigenvalue weighted by Crippen LogP contribution is 2.14. The van der Waals surface area contributed by atoms with Crippen molar-refractivity contribution in [3.8, 4) is 0 Å². The molecule has 0 bridgehead atoms. The van der Waals surface area contributed by atoms with Gasteiger partial charge in [-0.1, -0.05) is 19.4 Å². The first-order valence-electron chi connectivity index (χ1n) is 9.52. The molecule has 0 aromatic carbocycles. The minimum atomic E-state index is 0.662. The molecule has 25 heavy (non-hydrogen) atoms. The van der Waals surface area contributed by atoms with Gasteiger partial charge < -0.3 is 20.0 Å². The molecule has 0 saturated carbocycles. The van der Waals surface area contributed by atoms with Gasteiger partial charge in [0.25, 0.3) is 0 Å². The van der Waals surface area contributed by atoms with Crippen LogP contribution >= 0.6 is 0 Å². The number of aromatic nitrogens is 1. The van der Waals surface area contributed by atoms with Crippen LogP contribution in [-0.2, 0) is 6.54 Å². The first-order valence-corrected chi connectivity index (χ1v) is 9.52. The summed E-state index contributed by atoms with van der Waals surface area (Å²) >= 11 is 0. The number of hydrogen-bond acceptors (Lipinski definition) is 4. The fourth-order valence-corrected chi connectivity index (χ4v) is 2.87. The van der Waals surface area contributed by atoms with Gasteiger partial charge in [-0.3, -0.25) is 0 Å². The van der Waals surface area contributed by atoms with Crippen LogP contribution in [0.2, 0.25) is 0 Å². The highest BCUT2D eigenvalue weighted by atomic mass is 15.3. The summed E-state index contributed by atoms with van der Waals surface area (Å²) in [6, 6.07) is 4.28. The Morgan fingerprint density at radius 2 is 2.00 bits per heavy atom. The summed E-state index contributed by atoms with van der Waals surface area (Å²) in [4.78, 5) is 16.3. The zero-order valence-electron chi connectivity index (χ0n) is 16.3. The minimum absolute atomic E-state index is 0.662. The lowest BCUT2D eigenvalue weighted by Gasteiger charge is -2.33. The van der Waals surface area contributed by atoms with Crippen LogP contribution in [0.15, 0.2) is 23.3 Å². The standard InChI is InChI=1S/C19H34N6/c1-5-7-10-24(4)19(20-6-2)22-16-17-8-9-18(21-15-17)25-13-11-23(3)12-14-25/h8-9,15H,5-7,10-14,16H2,1-4H3,(H,20,22). The maximum atomic E-state index is 4.76. The number of unbranched alkanes of at least 4 members (excludes halogenated alkanes) is 1. The number of rotatable bonds is 7. The molecule has 6 heteroatoms. The van der Waals surface area contributed by atoms with E-state index in [0.29, 0.717) is 6.54 Å². The van der Waals surface area contributed by atoms with Crippen LogP contribution in [0.5, 0.6) is 0 Å². The van der Waals surface area contributed by atoms with E-state index in [9.17, 15) is 0 Å². The number of nitrogens with zero attached hydrogens (tertiary/aromatic N) is 5. The van der Waals surface area contributed by atoms with Gasteiger partial charge in [-0.25, -0.2) is 9.98 Å². The van der Waals surface area contributed by atoms with Crippen molar-refractivity contribution in [1.82, 2.24) is 20.1 Å². The number of hydrogen-bond donors (Lipinski definition) is 1. The van der Waals surface area contributed by atoms with E-state index in [0.717, 1.165) is 56.6 Å². The van der Waals surface area contributed by atoms with Crippen molar-refractivity contribution in [1.29, 1.82) is 0 Å². The van der Waals surface area contributed by atoms with Crippen LogP contribution in [0.3, 0.4) is 0 Å². The third-order valence-corrected chi connectivity index (χ3v) is 4.59. The predicted molar refractivity (Wildman–Crippen MR) is 106 cm³/mol. The van der Waals surface area contributed by atoms with E-state index in [2.05, 4.69) is 65.1 Å². The van der Waals surface area contributed by atoms with Crippen molar-refractivity contribution < 1.29 is 0 Å². The molecule has 2 rings (SSSR count). The highest BCUT2D eigenvalue weighted by molar-refractivity contribution is 5.79. The molecular weight excluding hydrogens is 312 g/mol. The number of anilines is 1. The van der Waals surface area contributed by atoms with Crippen molar-refractivity contribution in [3.63, 3.8) is 0 Å². The maximum Gasteiger partial charge on any atom is 0.193 e. The van der Waals surface area contributed by atoms with Crippen LogP contribution < -0.4 is 10.2 Å². The Morgan fingerprint density at radius 3 is 2.60 bits per heavy atom. The Kier molecular flexibility index (Phi) is 7.98. The normalized spacial score (nSPS) is 16.2. The van der Waals surface area contributed by atoms with Gasteiger partial charge in [-0.05, 0) is 32.0 Å². The summed E-state index contributed by atoms with van der Waals surface area (Å²) < 4.78 is 0. The van der Waals surface area contributed by atoms with Gasteiger partial charge in [-0.15, -0.1) is 0 Å². The van der Waals surface area contributed by atoms with Crippen molar-refractivity contribution >= 4 is 11.8 Å². The number of nitrogens with one attached hydrogen (secondary N) is 1. The van der Waals surface area contributed by atoms with E-state index in [1.54, 1.807) is 0 Å². The number of pyridine rings is 1. The van der Waals surface area contributed by atoms with Crippen molar-refractivity contribution in [2.24, 2.45) is 4.99 Å². The smallest absolute Gasteiger partial charge is 0.193 e. The van der Waals surface area contributed by atoms with Gasteiger partial charge in [0, 0.05) is 52.5 Å².